The summed E-state index contributed by atoms with van der Waals surface area (Å²) in [5, 5.41) is 0. The van der Waals surface area contributed by atoms with E-state index >= 15 is 0 Å². The number of benzene rings is 4. The molecule has 4 aromatic rings. The van der Waals surface area contributed by atoms with E-state index in [1.165, 1.54) is 70.2 Å². The van der Waals surface area contributed by atoms with Crippen molar-refractivity contribution in [3.8, 4) is 22.3 Å². The molecule has 0 nitrogen and oxygen atoms in total. The summed E-state index contributed by atoms with van der Waals surface area (Å²) in [4.78, 5) is 0. The van der Waals surface area contributed by atoms with Crippen LogP contribution in [0.15, 0.2) is 89.4 Å². The molecule has 2 heteroatoms. The standard InChI is InChI=1S/C33H26BrI/c34-22-12-13-25-23-5-1-3-7-27(23)33(30(25)18-22)28-8-4-2-6-24(28)26-17-21(11-14-29(26)33)32-20-10-9-19(15-20)16-31(32)35/h1-8,11-14,17-20,31-32H,9-10,15-16H2/t19-,20+,31-,32?,33?/m1/s1. The van der Waals surface area contributed by atoms with Crippen molar-refractivity contribution >= 4 is 38.5 Å². The van der Waals surface area contributed by atoms with E-state index in [9.17, 15) is 0 Å². The van der Waals surface area contributed by atoms with Gasteiger partial charge in [0.1, 0.15) is 0 Å². The fourth-order valence-corrected chi connectivity index (χ4v) is 10.3. The molecule has 4 aliphatic rings. The van der Waals surface area contributed by atoms with Gasteiger partial charge < -0.3 is 0 Å². The number of halogens is 2. The molecule has 0 aromatic heterocycles. The van der Waals surface area contributed by atoms with Gasteiger partial charge in [-0.25, -0.2) is 0 Å². The Hall–Kier alpha value is -1.91. The second-order valence-electron chi connectivity index (χ2n) is 11.1. The molecule has 2 saturated carbocycles. The largest absolute Gasteiger partial charge is 0.0819 e. The zero-order valence-electron chi connectivity index (χ0n) is 19.5. The normalized spacial score (nSPS) is 29.1. The van der Waals surface area contributed by atoms with Gasteiger partial charge in [-0.1, -0.05) is 118 Å². The molecular formula is C33H26BrI. The SMILES string of the molecule is Brc1ccc2c(c1)C1(c3ccccc3-c3cc(C4[C@H]5CC[C@H](C5)C[C@H]4I)ccc31)c1ccccc1-2. The first kappa shape index (κ1) is 21.2. The van der Waals surface area contributed by atoms with Crippen LogP contribution in [0.1, 0.15) is 59.4 Å². The van der Waals surface area contributed by atoms with E-state index in [1.54, 1.807) is 5.56 Å². The molecule has 4 aliphatic carbocycles. The molecule has 0 radical (unpaired) electrons. The first-order valence-electron chi connectivity index (χ1n) is 12.9. The third-order valence-electron chi connectivity index (χ3n) is 9.50. The van der Waals surface area contributed by atoms with Crippen molar-refractivity contribution in [2.24, 2.45) is 11.8 Å². The lowest BCUT2D eigenvalue weighted by molar-refractivity contribution is 0.331. The molecule has 0 amide bonds. The summed E-state index contributed by atoms with van der Waals surface area (Å²) >= 11 is 6.58. The predicted octanol–water partition coefficient (Wildman–Crippen LogP) is 9.50. The quantitative estimate of drug-likeness (QED) is 0.126. The van der Waals surface area contributed by atoms with Crippen molar-refractivity contribution in [1.82, 2.24) is 0 Å². The first-order valence-corrected chi connectivity index (χ1v) is 15.0. The second-order valence-corrected chi connectivity index (χ2v) is 13.6. The molecule has 1 spiro atoms. The van der Waals surface area contributed by atoms with Gasteiger partial charge in [0, 0.05) is 8.40 Å². The Morgan fingerprint density at radius 2 is 1.34 bits per heavy atom. The number of hydrogen-bond donors (Lipinski definition) is 0. The van der Waals surface area contributed by atoms with Crippen LogP contribution in [0.5, 0.6) is 0 Å². The predicted molar refractivity (Wildman–Crippen MR) is 156 cm³/mol. The summed E-state index contributed by atoms with van der Waals surface area (Å²) in [6.45, 7) is 0. The number of rotatable bonds is 1. The highest BCUT2D eigenvalue weighted by Gasteiger charge is 2.52. The van der Waals surface area contributed by atoms with Crippen LogP contribution >= 0.6 is 38.5 Å². The van der Waals surface area contributed by atoms with Crippen LogP contribution in [0.3, 0.4) is 0 Å². The van der Waals surface area contributed by atoms with Gasteiger partial charge in [-0.3, -0.25) is 0 Å². The lowest BCUT2D eigenvalue weighted by Crippen LogP contribution is -2.27. The Labute approximate surface area is 229 Å². The minimum absolute atomic E-state index is 0.241. The van der Waals surface area contributed by atoms with E-state index in [-0.39, 0.29) is 5.41 Å². The van der Waals surface area contributed by atoms with Crippen molar-refractivity contribution in [2.45, 2.75) is 40.9 Å². The molecule has 8 rings (SSSR count). The lowest BCUT2D eigenvalue weighted by atomic mass is 9.70. The first-order chi connectivity index (χ1) is 17.2. The summed E-state index contributed by atoms with van der Waals surface area (Å²) < 4.78 is 1.91. The highest BCUT2D eigenvalue weighted by atomic mass is 127. The van der Waals surface area contributed by atoms with Crippen LogP contribution < -0.4 is 0 Å². The monoisotopic (exact) mass is 628 g/mol. The highest BCUT2D eigenvalue weighted by Crippen LogP contribution is 2.63. The molecule has 35 heavy (non-hydrogen) atoms. The zero-order chi connectivity index (χ0) is 23.3. The highest BCUT2D eigenvalue weighted by molar-refractivity contribution is 14.1. The minimum atomic E-state index is -0.241. The van der Waals surface area contributed by atoms with E-state index in [0.29, 0.717) is 5.92 Å². The summed E-state index contributed by atoms with van der Waals surface area (Å²) in [5.74, 6) is 2.53. The maximum Gasteiger partial charge on any atom is 0.0725 e. The second kappa shape index (κ2) is 7.55. The molecule has 2 unspecified atom stereocenters. The van der Waals surface area contributed by atoms with E-state index < -0.39 is 0 Å². The van der Waals surface area contributed by atoms with E-state index in [2.05, 4.69) is 123 Å². The maximum atomic E-state index is 3.81. The van der Waals surface area contributed by atoms with Crippen molar-refractivity contribution in [1.29, 1.82) is 0 Å². The molecule has 4 aromatic carbocycles. The molecule has 2 bridgehead atoms. The lowest BCUT2D eigenvalue weighted by Gasteiger charge is -2.35. The van der Waals surface area contributed by atoms with Gasteiger partial charge >= 0.3 is 0 Å². The van der Waals surface area contributed by atoms with Crippen molar-refractivity contribution in [3.05, 3.63) is 117 Å². The number of fused-ring (bicyclic) bond motifs is 12. The zero-order valence-corrected chi connectivity index (χ0v) is 23.2. The summed E-state index contributed by atoms with van der Waals surface area (Å²) in [6, 6.07) is 32.7. The minimum Gasteiger partial charge on any atom is -0.0819 e. The van der Waals surface area contributed by atoms with Crippen LogP contribution in [-0.2, 0) is 5.41 Å². The fraction of sp³-hybridized carbons (Fsp3) is 0.273. The van der Waals surface area contributed by atoms with Gasteiger partial charge in [-0.2, -0.15) is 0 Å². The van der Waals surface area contributed by atoms with Gasteiger partial charge in [0.25, 0.3) is 0 Å². The van der Waals surface area contributed by atoms with Crippen LogP contribution in [0, 0.1) is 11.8 Å². The fourth-order valence-electron chi connectivity index (χ4n) is 8.24. The average molecular weight is 629 g/mol. The van der Waals surface area contributed by atoms with E-state index in [0.717, 1.165) is 20.2 Å². The smallest absolute Gasteiger partial charge is 0.0725 e. The number of alkyl halides is 1. The Bertz CT molecular complexity index is 1520. The third-order valence-corrected chi connectivity index (χ3v) is 11.3. The van der Waals surface area contributed by atoms with Gasteiger partial charge in [0.2, 0.25) is 0 Å². The van der Waals surface area contributed by atoms with E-state index in [1.807, 2.05) is 0 Å². The molecule has 0 N–H and O–H groups in total. The molecule has 172 valence electrons. The summed E-state index contributed by atoms with van der Waals surface area (Å²) in [5.41, 5.74) is 12.7. The van der Waals surface area contributed by atoms with Crippen LogP contribution in [0.25, 0.3) is 22.3 Å². The van der Waals surface area contributed by atoms with Crippen LogP contribution in [0.2, 0.25) is 0 Å². The summed E-state index contributed by atoms with van der Waals surface area (Å²) in [7, 11) is 0. The molecule has 0 aliphatic heterocycles. The Balaban J connectivity index is 1.42. The van der Waals surface area contributed by atoms with Gasteiger partial charge in [-0.15, -0.1) is 0 Å². The van der Waals surface area contributed by atoms with E-state index in [4.69, 9.17) is 0 Å². The molecule has 2 fully saturated rings. The third kappa shape index (κ3) is 2.73. The average Bonchev–Trinajstić information content (AvgIpc) is 3.50. The molecule has 5 atom stereocenters. The number of hydrogen-bond acceptors (Lipinski definition) is 0. The summed E-state index contributed by atoms with van der Waals surface area (Å²) in [6.07, 6.45) is 5.70. The van der Waals surface area contributed by atoms with Crippen molar-refractivity contribution in [3.63, 3.8) is 0 Å². The molecule has 0 saturated heterocycles. The van der Waals surface area contributed by atoms with Gasteiger partial charge in [0.15, 0.2) is 0 Å². The van der Waals surface area contributed by atoms with Crippen LogP contribution in [0.4, 0.5) is 0 Å². The van der Waals surface area contributed by atoms with Gasteiger partial charge in [-0.05, 0) is 99.2 Å². The Morgan fingerprint density at radius 1 is 0.657 bits per heavy atom. The van der Waals surface area contributed by atoms with Gasteiger partial charge in [0.05, 0.1) is 5.41 Å². The maximum absolute atomic E-state index is 3.81. The topological polar surface area (TPSA) is 0 Å². The molecular weight excluding hydrogens is 603 g/mol. The van der Waals surface area contributed by atoms with Crippen LogP contribution in [-0.4, -0.2) is 3.92 Å². The van der Waals surface area contributed by atoms with Crippen molar-refractivity contribution in [2.75, 3.05) is 0 Å². The Morgan fingerprint density at radius 3 is 2.14 bits per heavy atom. The Kier molecular flexibility index (Phi) is 4.57. The van der Waals surface area contributed by atoms with Crippen molar-refractivity contribution < 1.29 is 0 Å². The molecule has 0 heterocycles.